The maximum Gasteiger partial charge on any atom is 0.339 e. The molecule has 2 aromatic rings. The largest absolute Gasteiger partial charge is 0.775 e. The number of rotatable bonds is 6. The molecule has 0 aliphatic heterocycles. The quantitative estimate of drug-likeness (QED) is 0.441. The minimum Gasteiger partial charge on any atom is -0.775 e. The Labute approximate surface area is 117 Å². The lowest BCUT2D eigenvalue weighted by molar-refractivity contribution is -0.806. The topological polar surface area (TPSA) is 155 Å². The van der Waals surface area contributed by atoms with Crippen LogP contribution >= 0.6 is 0 Å². The fraction of sp³-hybridized carbons (Fsp3) is 0.556. The Morgan fingerprint density at radius 1 is 1.00 bits per heavy atom. The molecular weight excluding hydrogens is 284 g/mol. The first-order valence-corrected chi connectivity index (χ1v) is 5.82. The van der Waals surface area contributed by atoms with E-state index in [9.17, 15) is 10.4 Å². The molecule has 0 bridgehead atoms. The minimum atomic E-state index is -0.291. The SMILES string of the molecule is CC(C)(C[n+]1cc(/N=N/[O-])on1)C[n+]1cc(/N=N/[O-])on1. The summed E-state index contributed by atoms with van der Waals surface area (Å²) >= 11 is 0. The Morgan fingerprint density at radius 2 is 1.43 bits per heavy atom. The van der Waals surface area contributed by atoms with Crippen LogP contribution in [0.25, 0.3) is 0 Å². The van der Waals surface area contributed by atoms with Gasteiger partial charge < -0.3 is 10.4 Å². The summed E-state index contributed by atoms with van der Waals surface area (Å²) in [5.41, 5.74) is -0.291. The lowest BCUT2D eigenvalue weighted by atomic mass is 9.93. The van der Waals surface area contributed by atoms with Gasteiger partial charge in [0.15, 0.2) is 13.1 Å². The molecule has 2 heterocycles. The smallest absolute Gasteiger partial charge is 0.339 e. The third-order valence-electron chi connectivity index (χ3n) is 2.46. The van der Waals surface area contributed by atoms with E-state index >= 15 is 0 Å². The highest BCUT2D eigenvalue weighted by Gasteiger charge is 2.33. The Kier molecular flexibility index (Phi) is 4.15. The number of aromatic nitrogens is 4. The van der Waals surface area contributed by atoms with Crippen molar-refractivity contribution in [2.24, 2.45) is 26.2 Å². The van der Waals surface area contributed by atoms with E-state index in [-0.39, 0.29) is 17.2 Å². The highest BCUT2D eigenvalue weighted by Crippen LogP contribution is 2.17. The number of hydrogen-bond acceptors (Lipinski definition) is 10. The van der Waals surface area contributed by atoms with Crippen molar-refractivity contribution in [3.8, 4) is 0 Å². The Bertz CT molecular complexity index is 591. The van der Waals surface area contributed by atoms with E-state index in [0.29, 0.717) is 13.1 Å². The summed E-state index contributed by atoms with van der Waals surface area (Å²) in [4.78, 5) is 0. The molecule has 0 aromatic carbocycles. The molecule has 12 nitrogen and oxygen atoms in total. The standard InChI is InChI=1S/C9H12N8O4/c1-9(2,5-16-3-7(10-12-18)20-14-16)6-17-4-8(11-13-19)21-15-17/h3-4H,5-6H2,1-2H3. The Morgan fingerprint density at radius 3 is 1.81 bits per heavy atom. The van der Waals surface area contributed by atoms with Crippen LogP contribution in [0.4, 0.5) is 11.8 Å². The first-order chi connectivity index (χ1) is 10.0. The fourth-order valence-corrected chi connectivity index (χ4v) is 1.78. The second-order valence-corrected chi connectivity index (χ2v) is 5.00. The van der Waals surface area contributed by atoms with Crippen molar-refractivity contribution >= 4 is 11.8 Å². The van der Waals surface area contributed by atoms with Crippen LogP contribution in [-0.2, 0) is 13.1 Å². The molecular formula is C9H12N8O4. The molecule has 0 radical (unpaired) electrons. The van der Waals surface area contributed by atoms with E-state index in [1.54, 1.807) is 0 Å². The summed E-state index contributed by atoms with van der Waals surface area (Å²) in [6.45, 7) is 4.84. The van der Waals surface area contributed by atoms with Gasteiger partial charge in [0.1, 0.15) is 0 Å². The van der Waals surface area contributed by atoms with Crippen LogP contribution in [0.5, 0.6) is 0 Å². The molecule has 0 fully saturated rings. The van der Waals surface area contributed by atoms with Gasteiger partial charge in [-0.2, -0.15) is 0 Å². The molecule has 0 aliphatic carbocycles. The van der Waals surface area contributed by atoms with E-state index in [1.807, 2.05) is 13.8 Å². The van der Waals surface area contributed by atoms with Crippen molar-refractivity contribution in [2.45, 2.75) is 26.9 Å². The first kappa shape index (κ1) is 14.5. The molecule has 0 N–H and O–H groups in total. The first-order valence-electron chi connectivity index (χ1n) is 5.82. The average Bonchev–Trinajstić information content (AvgIpc) is 2.99. The van der Waals surface area contributed by atoms with Gasteiger partial charge in [-0.3, -0.25) is 9.05 Å². The van der Waals surface area contributed by atoms with E-state index in [2.05, 4.69) is 31.3 Å². The predicted octanol–water partition coefficient (Wildman–Crippen LogP) is 1.13. The van der Waals surface area contributed by atoms with Crippen LogP contribution in [0.15, 0.2) is 42.2 Å². The maximum absolute atomic E-state index is 9.99. The van der Waals surface area contributed by atoms with Crippen molar-refractivity contribution < 1.29 is 18.4 Å². The molecule has 0 saturated heterocycles. The highest BCUT2D eigenvalue weighted by molar-refractivity contribution is 5.10. The third-order valence-corrected chi connectivity index (χ3v) is 2.46. The molecule has 0 saturated carbocycles. The highest BCUT2D eigenvalue weighted by atomic mass is 16.5. The number of nitrogens with zero attached hydrogens (tertiary/aromatic N) is 8. The van der Waals surface area contributed by atoms with Crippen LogP contribution in [0.2, 0.25) is 0 Å². The van der Waals surface area contributed by atoms with E-state index < -0.39 is 0 Å². The van der Waals surface area contributed by atoms with Gasteiger partial charge in [-0.05, 0) is 23.2 Å². The van der Waals surface area contributed by atoms with Crippen LogP contribution < -0.4 is 9.36 Å². The zero-order chi connectivity index (χ0) is 15.3. The van der Waals surface area contributed by atoms with Crippen molar-refractivity contribution in [3.05, 3.63) is 22.8 Å². The molecule has 21 heavy (non-hydrogen) atoms. The second kappa shape index (κ2) is 6.02. The van der Waals surface area contributed by atoms with E-state index in [4.69, 9.17) is 9.05 Å². The van der Waals surface area contributed by atoms with Gasteiger partial charge in [0.25, 0.3) is 12.4 Å². The van der Waals surface area contributed by atoms with Crippen LogP contribution in [0, 0.1) is 15.8 Å². The third kappa shape index (κ3) is 4.02. The van der Waals surface area contributed by atoms with E-state index in [0.717, 1.165) is 0 Å². The molecule has 12 heteroatoms. The van der Waals surface area contributed by atoms with Gasteiger partial charge in [-0.15, -0.1) is 10.2 Å². The molecule has 0 atom stereocenters. The average molecular weight is 296 g/mol. The van der Waals surface area contributed by atoms with Crippen molar-refractivity contribution in [2.75, 3.05) is 0 Å². The molecule has 2 rings (SSSR count). The van der Waals surface area contributed by atoms with Gasteiger partial charge >= 0.3 is 11.8 Å². The molecule has 112 valence electrons. The minimum absolute atomic E-state index is 0.0213. The Balaban J connectivity index is 2.02. The second-order valence-electron chi connectivity index (χ2n) is 5.00. The molecule has 0 aliphatic rings. The summed E-state index contributed by atoms with van der Waals surface area (Å²) in [5.74, 6) is 0.0427. The van der Waals surface area contributed by atoms with Crippen molar-refractivity contribution in [3.63, 3.8) is 0 Å². The Hall–Kier alpha value is -2.92. The van der Waals surface area contributed by atoms with Crippen LogP contribution in [0.1, 0.15) is 13.8 Å². The fourth-order valence-electron chi connectivity index (χ4n) is 1.78. The lowest BCUT2D eigenvalue weighted by Crippen LogP contribution is -2.50. The molecule has 0 unspecified atom stereocenters. The molecule has 0 amide bonds. The summed E-state index contributed by atoms with van der Waals surface area (Å²) in [7, 11) is 0. The monoisotopic (exact) mass is 296 g/mol. The molecule has 2 aromatic heterocycles. The van der Waals surface area contributed by atoms with Crippen LogP contribution in [-0.4, -0.2) is 10.5 Å². The molecule has 0 spiro atoms. The maximum atomic E-state index is 9.99. The summed E-state index contributed by atoms with van der Waals surface area (Å²) in [6.07, 6.45) is 2.90. The van der Waals surface area contributed by atoms with Gasteiger partial charge in [-0.1, -0.05) is 0 Å². The predicted molar refractivity (Wildman–Crippen MR) is 62.9 cm³/mol. The van der Waals surface area contributed by atoms with Gasteiger partial charge in [0.05, 0.1) is 5.41 Å². The van der Waals surface area contributed by atoms with Gasteiger partial charge in [0.2, 0.25) is 10.5 Å². The lowest BCUT2D eigenvalue weighted by Gasteiger charge is -2.12. The zero-order valence-corrected chi connectivity index (χ0v) is 11.3. The summed E-state index contributed by atoms with van der Waals surface area (Å²) in [5, 5.41) is 38.5. The van der Waals surface area contributed by atoms with Crippen LogP contribution in [0.3, 0.4) is 0 Å². The summed E-state index contributed by atoms with van der Waals surface area (Å²) < 4.78 is 12.6. The van der Waals surface area contributed by atoms with Gasteiger partial charge in [0, 0.05) is 0 Å². The normalized spacial score (nSPS) is 12.7. The van der Waals surface area contributed by atoms with E-state index in [1.165, 1.54) is 21.8 Å². The number of hydrogen-bond donors (Lipinski definition) is 0. The van der Waals surface area contributed by atoms with Crippen molar-refractivity contribution in [1.29, 1.82) is 0 Å². The van der Waals surface area contributed by atoms with Crippen molar-refractivity contribution in [1.82, 2.24) is 10.5 Å². The summed E-state index contributed by atoms with van der Waals surface area (Å²) in [6, 6.07) is 0. The zero-order valence-electron chi connectivity index (χ0n) is 11.3. The van der Waals surface area contributed by atoms with Gasteiger partial charge in [-0.25, -0.2) is 10.6 Å².